The van der Waals surface area contributed by atoms with E-state index in [1.165, 1.54) is 17.1 Å². The molecule has 6 nitrogen and oxygen atoms in total. The van der Waals surface area contributed by atoms with E-state index < -0.39 is 0 Å². The number of nitrogens with one attached hydrogen (secondary N) is 1. The number of hydrogen-bond donors (Lipinski definition) is 1. The van der Waals surface area contributed by atoms with Gasteiger partial charge in [-0.05, 0) is 47.5 Å². The molecule has 0 aliphatic rings. The van der Waals surface area contributed by atoms with E-state index in [9.17, 15) is 4.79 Å². The summed E-state index contributed by atoms with van der Waals surface area (Å²) in [5.74, 6) is 1.45. The quantitative estimate of drug-likeness (QED) is 0.329. The molecule has 9 heteroatoms. The summed E-state index contributed by atoms with van der Waals surface area (Å²) in [6, 6.07) is 17.1. The molecule has 0 saturated heterocycles. The Morgan fingerprint density at radius 1 is 1.09 bits per heavy atom. The minimum atomic E-state index is -0.194. The molecule has 0 atom stereocenters. The monoisotopic (exact) mass is 486 g/mol. The molecule has 1 aromatic heterocycles. The normalized spacial score (nSPS) is 11.0. The zero-order valence-electron chi connectivity index (χ0n) is 17.4. The average molecular weight is 487 g/mol. The summed E-state index contributed by atoms with van der Waals surface area (Å²) in [6.07, 6.45) is 0. The first kappa shape index (κ1) is 22.5. The third-order valence-electron chi connectivity index (χ3n) is 4.91. The lowest BCUT2D eigenvalue weighted by Gasteiger charge is -2.11. The van der Waals surface area contributed by atoms with Gasteiger partial charge in [-0.25, -0.2) is 0 Å². The van der Waals surface area contributed by atoms with Gasteiger partial charge in [0.2, 0.25) is 5.91 Å². The zero-order chi connectivity index (χ0) is 22.7. The number of carbonyl (C=O) groups excluding carboxylic acids is 1. The number of nitrogens with zero attached hydrogens (tertiary/aromatic N) is 3. The molecule has 0 radical (unpaired) electrons. The lowest BCUT2D eigenvalue weighted by atomic mass is 10.0. The van der Waals surface area contributed by atoms with Crippen LogP contribution in [0.2, 0.25) is 10.0 Å². The van der Waals surface area contributed by atoms with Gasteiger partial charge in [-0.3, -0.25) is 4.79 Å². The van der Waals surface area contributed by atoms with Crippen molar-refractivity contribution in [1.29, 1.82) is 0 Å². The van der Waals surface area contributed by atoms with Crippen LogP contribution in [0.15, 0.2) is 59.8 Å². The molecule has 0 unspecified atom stereocenters. The number of halogens is 2. The van der Waals surface area contributed by atoms with Crippen LogP contribution in [0.4, 0.5) is 5.69 Å². The Bertz CT molecular complexity index is 1270. The molecule has 3 aromatic carbocycles. The number of fused-ring (bicyclic) bond motifs is 1. The fourth-order valence-corrected chi connectivity index (χ4v) is 4.51. The molecule has 4 rings (SSSR count). The van der Waals surface area contributed by atoms with Gasteiger partial charge in [0, 0.05) is 22.8 Å². The Hall–Kier alpha value is -2.74. The van der Waals surface area contributed by atoms with E-state index in [2.05, 4.69) is 27.6 Å². The van der Waals surface area contributed by atoms with E-state index in [-0.39, 0.29) is 18.3 Å². The number of hydrogen-bond acceptors (Lipinski definition) is 5. The van der Waals surface area contributed by atoms with Gasteiger partial charge in [-0.15, -0.1) is 10.2 Å². The summed E-state index contributed by atoms with van der Waals surface area (Å²) in [5.41, 5.74) is 1.63. The minimum Gasteiger partial charge on any atom is -0.485 e. The van der Waals surface area contributed by atoms with Crippen LogP contribution in [0.5, 0.6) is 5.75 Å². The maximum atomic E-state index is 12.3. The standard InChI is InChI=1S/C23H20Cl2N4O2S/c1-14-19-6-4-3-5-15(19)7-8-20(14)31-12-21-27-28-23(29(21)2)32-13-22(30)26-18-10-16(24)9-17(25)11-18/h3-11H,12-13H2,1-2H3,(H,26,30). The Labute approximate surface area is 199 Å². The number of carbonyl (C=O) groups is 1. The second kappa shape index (κ2) is 9.81. The predicted octanol–water partition coefficient (Wildman–Crippen LogP) is 5.89. The topological polar surface area (TPSA) is 69.0 Å². The van der Waals surface area contributed by atoms with Crippen molar-refractivity contribution in [1.82, 2.24) is 14.8 Å². The largest absolute Gasteiger partial charge is 0.485 e. The van der Waals surface area contributed by atoms with Gasteiger partial charge in [0.25, 0.3) is 0 Å². The van der Waals surface area contributed by atoms with Crippen LogP contribution in [0, 0.1) is 6.92 Å². The minimum absolute atomic E-state index is 0.167. The molecule has 0 aliphatic heterocycles. The third-order valence-corrected chi connectivity index (χ3v) is 6.37. The molecule has 4 aromatic rings. The van der Waals surface area contributed by atoms with E-state index in [4.69, 9.17) is 27.9 Å². The van der Waals surface area contributed by atoms with Crippen molar-refractivity contribution in [2.75, 3.05) is 11.1 Å². The Balaban J connectivity index is 1.36. The van der Waals surface area contributed by atoms with Crippen molar-refractivity contribution in [2.45, 2.75) is 18.7 Å². The van der Waals surface area contributed by atoms with E-state index in [1.807, 2.05) is 42.8 Å². The lowest BCUT2D eigenvalue weighted by molar-refractivity contribution is -0.113. The molecule has 0 bridgehead atoms. The van der Waals surface area contributed by atoms with Crippen molar-refractivity contribution in [3.63, 3.8) is 0 Å². The summed E-state index contributed by atoms with van der Waals surface area (Å²) in [5, 5.41) is 15.0. The molecule has 32 heavy (non-hydrogen) atoms. The number of benzene rings is 3. The van der Waals surface area contributed by atoms with Crippen molar-refractivity contribution in [3.05, 3.63) is 76.0 Å². The van der Waals surface area contributed by atoms with E-state index in [0.717, 1.165) is 16.7 Å². The SMILES string of the molecule is Cc1c(OCc2nnc(SCC(=O)Nc3cc(Cl)cc(Cl)c3)n2C)ccc2ccccc12. The van der Waals surface area contributed by atoms with Crippen LogP contribution in [0.1, 0.15) is 11.4 Å². The van der Waals surface area contributed by atoms with E-state index in [1.54, 1.807) is 18.2 Å². The van der Waals surface area contributed by atoms with Crippen molar-refractivity contribution >= 4 is 57.3 Å². The first-order valence-corrected chi connectivity index (χ1v) is 11.5. The van der Waals surface area contributed by atoms with Crippen LogP contribution in [0.3, 0.4) is 0 Å². The maximum absolute atomic E-state index is 12.3. The maximum Gasteiger partial charge on any atom is 0.234 e. The van der Waals surface area contributed by atoms with Crippen LogP contribution in [0.25, 0.3) is 10.8 Å². The highest BCUT2D eigenvalue weighted by Crippen LogP contribution is 2.28. The summed E-state index contributed by atoms with van der Waals surface area (Å²) in [7, 11) is 1.85. The van der Waals surface area contributed by atoms with Crippen molar-refractivity contribution < 1.29 is 9.53 Å². The summed E-state index contributed by atoms with van der Waals surface area (Å²) in [6.45, 7) is 2.32. The fourth-order valence-electron chi connectivity index (χ4n) is 3.26. The van der Waals surface area contributed by atoms with Crippen LogP contribution < -0.4 is 10.1 Å². The second-order valence-electron chi connectivity index (χ2n) is 7.15. The number of aryl methyl sites for hydroxylation is 1. The average Bonchev–Trinajstić information content (AvgIpc) is 3.11. The van der Waals surface area contributed by atoms with Gasteiger partial charge < -0.3 is 14.6 Å². The van der Waals surface area contributed by atoms with Gasteiger partial charge in [0.1, 0.15) is 12.4 Å². The van der Waals surface area contributed by atoms with E-state index in [0.29, 0.717) is 26.7 Å². The predicted molar refractivity (Wildman–Crippen MR) is 130 cm³/mol. The molecule has 164 valence electrons. The Morgan fingerprint density at radius 3 is 2.62 bits per heavy atom. The molecule has 1 N–H and O–H groups in total. The van der Waals surface area contributed by atoms with Crippen LogP contribution in [-0.4, -0.2) is 26.4 Å². The second-order valence-corrected chi connectivity index (χ2v) is 8.97. The fraction of sp³-hybridized carbons (Fsp3) is 0.174. The third kappa shape index (κ3) is 5.18. The first-order chi connectivity index (χ1) is 15.4. The molecule has 0 spiro atoms. The summed E-state index contributed by atoms with van der Waals surface area (Å²) in [4.78, 5) is 12.3. The van der Waals surface area contributed by atoms with Gasteiger partial charge in [0.05, 0.1) is 5.75 Å². The van der Waals surface area contributed by atoms with E-state index >= 15 is 0 Å². The van der Waals surface area contributed by atoms with Gasteiger partial charge in [-0.2, -0.15) is 0 Å². The zero-order valence-corrected chi connectivity index (χ0v) is 19.8. The highest BCUT2D eigenvalue weighted by molar-refractivity contribution is 7.99. The number of aromatic nitrogens is 3. The molecule has 0 saturated carbocycles. The Morgan fingerprint density at radius 2 is 1.84 bits per heavy atom. The smallest absolute Gasteiger partial charge is 0.234 e. The van der Waals surface area contributed by atoms with Crippen molar-refractivity contribution in [3.8, 4) is 5.75 Å². The number of thioether (sulfide) groups is 1. The van der Waals surface area contributed by atoms with Gasteiger partial charge in [0.15, 0.2) is 11.0 Å². The molecule has 1 amide bonds. The molecule has 1 heterocycles. The lowest BCUT2D eigenvalue weighted by Crippen LogP contribution is -2.14. The summed E-state index contributed by atoms with van der Waals surface area (Å²) >= 11 is 13.2. The number of anilines is 1. The number of rotatable bonds is 7. The number of amides is 1. The molecule has 0 fully saturated rings. The highest BCUT2D eigenvalue weighted by atomic mass is 35.5. The number of ether oxygens (including phenoxy) is 1. The molecular formula is C23H20Cl2N4O2S. The van der Waals surface area contributed by atoms with Crippen molar-refractivity contribution in [2.24, 2.45) is 7.05 Å². The molecule has 0 aliphatic carbocycles. The van der Waals surface area contributed by atoms with Crippen LogP contribution in [-0.2, 0) is 18.4 Å². The summed E-state index contributed by atoms with van der Waals surface area (Å²) < 4.78 is 7.84. The first-order valence-electron chi connectivity index (χ1n) is 9.79. The molecular weight excluding hydrogens is 467 g/mol. The highest BCUT2D eigenvalue weighted by Gasteiger charge is 2.13. The van der Waals surface area contributed by atoms with Gasteiger partial charge in [-0.1, -0.05) is 65.3 Å². The van der Waals surface area contributed by atoms with Gasteiger partial charge >= 0.3 is 0 Å². The van der Waals surface area contributed by atoms with Crippen LogP contribution >= 0.6 is 35.0 Å². The Kier molecular flexibility index (Phi) is 6.89.